The highest BCUT2D eigenvalue weighted by Crippen LogP contribution is 2.36. The fourth-order valence-corrected chi connectivity index (χ4v) is 2.62. The van der Waals surface area contributed by atoms with Gasteiger partial charge in [0.25, 0.3) is 0 Å². The van der Waals surface area contributed by atoms with E-state index in [0.29, 0.717) is 16.7 Å². The highest BCUT2D eigenvalue weighted by atomic mass is 35.5. The molecular formula is C17H11ClO4. The van der Waals surface area contributed by atoms with Crippen molar-refractivity contribution in [3.8, 4) is 11.5 Å². The lowest BCUT2D eigenvalue weighted by molar-refractivity contribution is 0.0990. The number of carbonyl (C=O) groups excluding carboxylic acids is 2. The van der Waals surface area contributed by atoms with Gasteiger partial charge < -0.3 is 9.84 Å². The number of rotatable bonds is 2. The molecule has 0 atom stereocenters. The Balaban J connectivity index is 2.10. The Morgan fingerprint density at radius 1 is 1.09 bits per heavy atom. The van der Waals surface area contributed by atoms with Crippen LogP contribution < -0.4 is 4.74 Å². The molecule has 110 valence electrons. The molecule has 4 nitrogen and oxygen atoms in total. The molecule has 1 aliphatic rings. The van der Waals surface area contributed by atoms with Gasteiger partial charge in [0.2, 0.25) is 0 Å². The van der Waals surface area contributed by atoms with Crippen LogP contribution in [0.3, 0.4) is 0 Å². The summed E-state index contributed by atoms with van der Waals surface area (Å²) in [6.07, 6.45) is 1.46. The molecule has 2 aromatic rings. The Morgan fingerprint density at radius 2 is 1.68 bits per heavy atom. The number of hydrogen-bond donors (Lipinski definition) is 1. The second kappa shape index (κ2) is 5.31. The Morgan fingerprint density at radius 3 is 2.23 bits per heavy atom. The van der Waals surface area contributed by atoms with Crippen LogP contribution in [0.4, 0.5) is 0 Å². The molecule has 1 N–H and O–H groups in total. The minimum absolute atomic E-state index is 0.0741. The molecule has 3 rings (SSSR count). The first kappa shape index (κ1) is 14.4. The van der Waals surface area contributed by atoms with E-state index in [9.17, 15) is 14.7 Å². The van der Waals surface area contributed by atoms with Crippen LogP contribution in [-0.4, -0.2) is 23.8 Å². The number of benzene rings is 2. The van der Waals surface area contributed by atoms with E-state index in [2.05, 4.69) is 0 Å². The lowest BCUT2D eigenvalue weighted by Gasteiger charge is -2.06. The molecule has 1 aliphatic carbocycles. The Labute approximate surface area is 131 Å². The van der Waals surface area contributed by atoms with E-state index in [4.69, 9.17) is 16.3 Å². The standard InChI is InChI=1S/C17H11ClO4/c1-22-14-8-9(7-13(18)17(14)21)6-12-15(19)10-4-2-3-5-11(10)16(12)20/h2-8,21H,1H3. The summed E-state index contributed by atoms with van der Waals surface area (Å²) in [6.45, 7) is 0. The number of Topliss-reactive ketones (excluding diaryl/α,β-unsaturated/α-hetero) is 2. The van der Waals surface area contributed by atoms with Crippen molar-refractivity contribution in [1.29, 1.82) is 0 Å². The molecular weight excluding hydrogens is 304 g/mol. The van der Waals surface area contributed by atoms with Gasteiger partial charge in [-0.15, -0.1) is 0 Å². The van der Waals surface area contributed by atoms with E-state index in [1.807, 2.05) is 0 Å². The zero-order chi connectivity index (χ0) is 15.9. The van der Waals surface area contributed by atoms with Crippen LogP contribution in [0, 0.1) is 0 Å². The molecule has 2 aromatic carbocycles. The molecule has 22 heavy (non-hydrogen) atoms. The molecule has 0 amide bonds. The molecule has 0 radical (unpaired) electrons. The van der Waals surface area contributed by atoms with Crippen molar-refractivity contribution in [3.05, 3.63) is 63.7 Å². The first-order valence-corrected chi connectivity index (χ1v) is 6.87. The van der Waals surface area contributed by atoms with Crippen LogP contribution in [-0.2, 0) is 0 Å². The number of ketones is 2. The average molecular weight is 315 g/mol. The summed E-state index contributed by atoms with van der Waals surface area (Å²) in [5, 5.41) is 9.80. The maximum absolute atomic E-state index is 12.3. The van der Waals surface area contributed by atoms with Crippen LogP contribution in [0.25, 0.3) is 6.08 Å². The minimum atomic E-state index is -0.316. The van der Waals surface area contributed by atoms with Gasteiger partial charge in [-0.3, -0.25) is 9.59 Å². The minimum Gasteiger partial charge on any atom is -0.503 e. The van der Waals surface area contributed by atoms with Crippen molar-refractivity contribution in [2.45, 2.75) is 0 Å². The summed E-state index contributed by atoms with van der Waals surface area (Å²) in [6, 6.07) is 9.66. The van der Waals surface area contributed by atoms with Crippen molar-refractivity contribution >= 4 is 29.2 Å². The maximum Gasteiger partial charge on any atom is 0.197 e. The Bertz CT molecular complexity index is 800. The van der Waals surface area contributed by atoms with Crippen LogP contribution in [0.5, 0.6) is 11.5 Å². The number of halogens is 1. The van der Waals surface area contributed by atoms with Gasteiger partial charge in [-0.1, -0.05) is 35.9 Å². The molecule has 0 bridgehead atoms. The van der Waals surface area contributed by atoms with Gasteiger partial charge >= 0.3 is 0 Å². The molecule has 0 unspecified atom stereocenters. The Kier molecular flexibility index (Phi) is 3.47. The second-order valence-electron chi connectivity index (χ2n) is 4.82. The molecule has 0 spiro atoms. The van der Waals surface area contributed by atoms with Gasteiger partial charge in [0.05, 0.1) is 17.7 Å². The van der Waals surface area contributed by atoms with Crippen molar-refractivity contribution in [2.24, 2.45) is 0 Å². The number of aromatic hydroxyl groups is 1. The van der Waals surface area contributed by atoms with Crippen LogP contribution >= 0.6 is 11.6 Å². The van der Waals surface area contributed by atoms with E-state index in [1.54, 1.807) is 24.3 Å². The van der Waals surface area contributed by atoms with Crippen LogP contribution in [0.1, 0.15) is 26.3 Å². The number of carbonyl (C=O) groups is 2. The third-order valence-corrected chi connectivity index (χ3v) is 3.78. The lowest BCUT2D eigenvalue weighted by atomic mass is 10.1. The summed E-state index contributed by atoms with van der Waals surface area (Å²) in [5.41, 5.74) is 1.38. The highest BCUT2D eigenvalue weighted by molar-refractivity contribution is 6.41. The van der Waals surface area contributed by atoms with E-state index in [0.717, 1.165) is 0 Å². The first-order valence-electron chi connectivity index (χ1n) is 6.49. The number of hydrogen-bond acceptors (Lipinski definition) is 4. The number of phenols is 1. The molecule has 0 saturated carbocycles. The zero-order valence-electron chi connectivity index (χ0n) is 11.6. The number of methoxy groups -OCH3 is 1. The fourth-order valence-electron chi connectivity index (χ4n) is 2.40. The lowest BCUT2D eigenvalue weighted by Crippen LogP contribution is -2.00. The molecule has 0 aliphatic heterocycles. The van der Waals surface area contributed by atoms with Crippen LogP contribution in [0.15, 0.2) is 42.0 Å². The van der Waals surface area contributed by atoms with Gasteiger partial charge in [0, 0.05) is 11.1 Å². The summed E-state index contributed by atoms with van der Waals surface area (Å²) < 4.78 is 5.01. The van der Waals surface area contributed by atoms with E-state index >= 15 is 0 Å². The normalized spacial score (nSPS) is 13.3. The van der Waals surface area contributed by atoms with Gasteiger partial charge in [-0.05, 0) is 23.8 Å². The third kappa shape index (κ3) is 2.18. The summed E-state index contributed by atoms with van der Waals surface area (Å²) in [4.78, 5) is 24.6. The fraction of sp³-hybridized carbons (Fsp3) is 0.0588. The second-order valence-corrected chi connectivity index (χ2v) is 5.22. The monoisotopic (exact) mass is 314 g/mol. The van der Waals surface area contributed by atoms with Gasteiger partial charge in [-0.25, -0.2) is 0 Å². The summed E-state index contributed by atoms with van der Waals surface area (Å²) in [5.74, 6) is -0.638. The summed E-state index contributed by atoms with van der Waals surface area (Å²) >= 11 is 5.92. The molecule has 0 fully saturated rings. The van der Waals surface area contributed by atoms with Gasteiger partial charge in [0.15, 0.2) is 23.1 Å². The SMILES string of the molecule is COc1cc(C=C2C(=O)c3ccccc3C2=O)cc(Cl)c1O. The molecule has 0 saturated heterocycles. The molecule has 0 aromatic heterocycles. The molecule has 5 heteroatoms. The molecule has 0 heterocycles. The van der Waals surface area contributed by atoms with Gasteiger partial charge in [-0.2, -0.15) is 0 Å². The Hall–Kier alpha value is -2.59. The number of ether oxygens (including phenoxy) is 1. The quantitative estimate of drug-likeness (QED) is 0.680. The van der Waals surface area contributed by atoms with E-state index in [-0.39, 0.29) is 33.7 Å². The van der Waals surface area contributed by atoms with Crippen molar-refractivity contribution < 1.29 is 19.4 Å². The van der Waals surface area contributed by atoms with E-state index < -0.39 is 0 Å². The average Bonchev–Trinajstić information content (AvgIpc) is 2.76. The predicted octanol–water partition coefficient (Wildman–Crippen LogP) is 3.52. The number of fused-ring (bicyclic) bond motifs is 1. The van der Waals surface area contributed by atoms with Gasteiger partial charge in [0.1, 0.15) is 0 Å². The first-order chi connectivity index (χ1) is 10.5. The zero-order valence-corrected chi connectivity index (χ0v) is 12.3. The van der Waals surface area contributed by atoms with Crippen molar-refractivity contribution in [1.82, 2.24) is 0 Å². The third-order valence-electron chi connectivity index (χ3n) is 3.49. The van der Waals surface area contributed by atoms with Crippen LogP contribution in [0.2, 0.25) is 5.02 Å². The number of phenolic OH excluding ortho intramolecular Hbond substituents is 1. The largest absolute Gasteiger partial charge is 0.503 e. The summed E-state index contributed by atoms with van der Waals surface area (Å²) in [7, 11) is 1.39. The van der Waals surface area contributed by atoms with Crippen molar-refractivity contribution in [2.75, 3.05) is 7.11 Å². The topological polar surface area (TPSA) is 63.6 Å². The smallest absolute Gasteiger partial charge is 0.197 e. The number of allylic oxidation sites excluding steroid dienone is 1. The van der Waals surface area contributed by atoms with Crippen molar-refractivity contribution in [3.63, 3.8) is 0 Å². The maximum atomic E-state index is 12.3. The predicted molar refractivity (Wildman–Crippen MR) is 82.7 cm³/mol. The highest BCUT2D eigenvalue weighted by Gasteiger charge is 2.32. The van der Waals surface area contributed by atoms with E-state index in [1.165, 1.54) is 25.3 Å².